The summed E-state index contributed by atoms with van der Waals surface area (Å²) in [6.45, 7) is 2.94. The number of fused-ring (bicyclic) bond motifs is 1. The Balaban J connectivity index is 2.06. The molecule has 148 valence electrons. The Bertz CT molecular complexity index is 1170. The number of para-hydroxylation sites is 1. The molecule has 0 spiro atoms. The minimum atomic E-state index is -1.28. The minimum absolute atomic E-state index is 0.0180. The van der Waals surface area contributed by atoms with Gasteiger partial charge in [-0.15, -0.1) is 0 Å². The molecule has 0 aliphatic carbocycles. The van der Waals surface area contributed by atoms with E-state index >= 15 is 0 Å². The molecule has 8 nitrogen and oxygen atoms in total. The zero-order valence-corrected chi connectivity index (χ0v) is 15.7. The van der Waals surface area contributed by atoms with Crippen LogP contribution in [-0.4, -0.2) is 24.0 Å². The molecular formula is C21H18N2O6. The van der Waals surface area contributed by atoms with E-state index in [0.717, 1.165) is 0 Å². The lowest BCUT2D eigenvalue weighted by molar-refractivity contribution is -0.127. The monoisotopic (exact) mass is 394 g/mol. The van der Waals surface area contributed by atoms with Crippen LogP contribution in [0.1, 0.15) is 22.8 Å². The predicted octanol–water partition coefficient (Wildman–Crippen LogP) is 2.51. The molecule has 1 atom stereocenters. The van der Waals surface area contributed by atoms with E-state index in [1.54, 1.807) is 37.3 Å². The number of urea groups is 1. The molecule has 0 saturated carbocycles. The molecule has 0 saturated heterocycles. The third-order valence-electron chi connectivity index (χ3n) is 4.30. The Morgan fingerprint density at radius 1 is 1.07 bits per heavy atom. The van der Waals surface area contributed by atoms with Crippen molar-refractivity contribution in [3.8, 4) is 11.3 Å². The van der Waals surface area contributed by atoms with Gasteiger partial charge < -0.3 is 14.9 Å². The first-order chi connectivity index (χ1) is 13.8. The fraction of sp³-hybridized carbons (Fsp3) is 0.143. The summed E-state index contributed by atoms with van der Waals surface area (Å²) in [5, 5.41) is 2.05. The zero-order chi connectivity index (χ0) is 21.1. The fourth-order valence-electron chi connectivity index (χ4n) is 2.84. The summed E-state index contributed by atoms with van der Waals surface area (Å²) in [6, 6.07) is 12.4. The highest BCUT2D eigenvalue weighted by Gasteiger charge is 2.23. The van der Waals surface area contributed by atoms with E-state index in [2.05, 4.69) is 0 Å². The Labute approximate surface area is 165 Å². The maximum atomic E-state index is 12.8. The fourth-order valence-corrected chi connectivity index (χ4v) is 2.84. The first kappa shape index (κ1) is 19.8. The number of carbonyl (C=O) groups excluding carboxylic acids is 3. The van der Waals surface area contributed by atoms with E-state index in [1.807, 2.05) is 11.4 Å². The first-order valence-corrected chi connectivity index (χ1v) is 8.72. The van der Waals surface area contributed by atoms with Gasteiger partial charge in [0.05, 0.1) is 5.39 Å². The van der Waals surface area contributed by atoms with Gasteiger partial charge in [-0.3, -0.25) is 14.9 Å². The third kappa shape index (κ3) is 4.01. The topological polar surface area (TPSA) is 129 Å². The van der Waals surface area contributed by atoms with Crippen LogP contribution in [0, 0.1) is 6.92 Å². The second-order valence-electron chi connectivity index (χ2n) is 6.33. The number of nitrogens with two attached hydrogens (primary N) is 1. The summed E-state index contributed by atoms with van der Waals surface area (Å²) >= 11 is 0. The van der Waals surface area contributed by atoms with Crippen molar-refractivity contribution in [2.75, 3.05) is 0 Å². The average molecular weight is 394 g/mol. The van der Waals surface area contributed by atoms with Crippen LogP contribution in [-0.2, 0) is 9.53 Å². The second-order valence-corrected chi connectivity index (χ2v) is 6.33. The number of esters is 1. The number of nitrogens with one attached hydrogen (secondary N) is 1. The van der Waals surface area contributed by atoms with Gasteiger partial charge in [-0.25, -0.2) is 9.59 Å². The Kier molecular flexibility index (Phi) is 5.45. The molecule has 3 N–H and O–H groups in total. The molecule has 0 fully saturated rings. The highest BCUT2D eigenvalue weighted by atomic mass is 16.5. The summed E-state index contributed by atoms with van der Waals surface area (Å²) in [5.41, 5.74) is 5.73. The molecule has 29 heavy (non-hydrogen) atoms. The van der Waals surface area contributed by atoms with Crippen molar-refractivity contribution in [2.45, 2.75) is 20.0 Å². The molecule has 8 heteroatoms. The number of hydrogen-bond acceptors (Lipinski definition) is 6. The summed E-state index contributed by atoms with van der Waals surface area (Å²) < 4.78 is 11.0. The van der Waals surface area contributed by atoms with Gasteiger partial charge in [-0.1, -0.05) is 36.4 Å². The first-order valence-electron chi connectivity index (χ1n) is 8.72. The molecule has 3 amide bonds. The highest BCUT2D eigenvalue weighted by molar-refractivity contribution is 6.04. The Morgan fingerprint density at radius 3 is 2.41 bits per heavy atom. The van der Waals surface area contributed by atoms with E-state index in [4.69, 9.17) is 14.9 Å². The number of hydrogen-bond donors (Lipinski definition) is 2. The summed E-state index contributed by atoms with van der Waals surface area (Å²) in [7, 11) is 0. The molecule has 2 aromatic carbocycles. The standard InChI is InChI=1S/C21H18N2O6/c1-11-16(24)14-9-6-10-15(20(26)28-12(2)19(25)23-21(22)27)18(14)29-17(11)13-7-4-3-5-8-13/h3-10,12H,1-2H3,(H3,22,23,25,27)/t12-/m1/s1. The molecule has 0 unspecified atom stereocenters. The third-order valence-corrected chi connectivity index (χ3v) is 4.30. The van der Waals surface area contributed by atoms with Crippen molar-refractivity contribution >= 4 is 28.9 Å². The van der Waals surface area contributed by atoms with Gasteiger partial charge >= 0.3 is 12.0 Å². The lowest BCUT2D eigenvalue weighted by atomic mass is 10.0. The number of primary amides is 1. The number of carbonyl (C=O) groups is 3. The van der Waals surface area contributed by atoms with Crippen LogP contribution < -0.4 is 16.5 Å². The second kappa shape index (κ2) is 7.97. The van der Waals surface area contributed by atoms with Crippen LogP contribution in [0.5, 0.6) is 0 Å². The van der Waals surface area contributed by atoms with Crippen LogP contribution in [0.4, 0.5) is 4.79 Å². The number of imide groups is 1. The largest absolute Gasteiger partial charge is 0.455 e. The number of amides is 3. The van der Waals surface area contributed by atoms with Gasteiger partial charge in [-0.2, -0.15) is 0 Å². The molecule has 0 aliphatic heterocycles. The summed E-state index contributed by atoms with van der Waals surface area (Å²) in [4.78, 5) is 48.0. The Morgan fingerprint density at radius 2 is 1.76 bits per heavy atom. The molecular weight excluding hydrogens is 376 g/mol. The molecule has 1 aromatic heterocycles. The molecule has 3 rings (SSSR count). The van der Waals surface area contributed by atoms with Gasteiger partial charge in [0.1, 0.15) is 11.3 Å². The van der Waals surface area contributed by atoms with Crippen LogP contribution in [0.3, 0.4) is 0 Å². The summed E-state index contributed by atoms with van der Waals surface area (Å²) in [6.07, 6.45) is -1.28. The van der Waals surface area contributed by atoms with E-state index in [-0.39, 0.29) is 22.0 Å². The van der Waals surface area contributed by atoms with Gasteiger partial charge in [-0.05, 0) is 26.0 Å². The summed E-state index contributed by atoms with van der Waals surface area (Å²) in [5.74, 6) is -1.41. The number of benzene rings is 2. The molecule has 1 heterocycles. The lowest BCUT2D eigenvalue weighted by Crippen LogP contribution is -2.42. The van der Waals surface area contributed by atoms with Crippen molar-refractivity contribution in [1.29, 1.82) is 0 Å². The van der Waals surface area contributed by atoms with Crippen LogP contribution in [0.25, 0.3) is 22.3 Å². The van der Waals surface area contributed by atoms with Gasteiger partial charge in [0.15, 0.2) is 17.1 Å². The minimum Gasteiger partial charge on any atom is -0.455 e. The molecule has 0 aliphatic rings. The van der Waals surface area contributed by atoms with Crippen molar-refractivity contribution < 1.29 is 23.5 Å². The molecule has 0 radical (unpaired) electrons. The van der Waals surface area contributed by atoms with Gasteiger partial charge in [0.2, 0.25) is 0 Å². The Hall–Kier alpha value is -3.94. The van der Waals surface area contributed by atoms with Gasteiger partial charge in [0, 0.05) is 11.1 Å². The van der Waals surface area contributed by atoms with Crippen molar-refractivity contribution in [1.82, 2.24) is 5.32 Å². The highest BCUT2D eigenvalue weighted by Crippen LogP contribution is 2.27. The predicted molar refractivity (Wildman–Crippen MR) is 105 cm³/mol. The number of ether oxygens (including phenoxy) is 1. The zero-order valence-electron chi connectivity index (χ0n) is 15.7. The van der Waals surface area contributed by atoms with E-state index in [1.165, 1.54) is 19.1 Å². The quantitative estimate of drug-likeness (QED) is 0.654. The van der Waals surface area contributed by atoms with Crippen LogP contribution in [0.2, 0.25) is 0 Å². The smallest absolute Gasteiger partial charge is 0.342 e. The van der Waals surface area contributed by atoms with E-state index < -0.39 is 24.0 Å². The van der Waals surface area contributed by atoms with Gasteiger partial charge in [0.25, 0.3) is 5.91 Å². The maximum absolute atomic E-state index is 12.8. The van der Waals surface area contributed by atoms with Crippen LogP contribution >= 0.6 is 0 Å². The number of rotatable bonds is 4. The lowest BCUT2D eigenvalue weighted by Gasteiger charge is -2.13. The molecule has 3 aromatic rings. The van der Waals surface area contributed by atoms with E-state index in [9.17, 15) is 19.2 Å². The maximum Gasteiger partial charge on any atom is 0.342 e. The SMILES string of the molecule is Cc1c(-c2ccccc2)oc2c(C(=O)O[C@H](C)C(=O)NC(N)=O)cccc2c1=O. The normalized spacial score (nSPS) is 11.7. The average Bonchev–Trinajstić information content (AvgIpc) is 2.70. The van der Waals surface area contributed by atoms with E-state index in [0.29, 0.717) is 16.9 Å². The van der Waals surface area contributed by atoms with Crippen molar-refractivity contribution in [3.05, 3.63) is 69.9 Å². The van der Waals surface area contributed by atoms with Crippen molar-refractivity contribution in [2.24, 2.45) is 5.73 Å². The molecule has 0 bridgehead atoms. The van der Waals surface area contributed by atoms with Crippen molar-refractivity contribution in [3.63, 3.8) is 0 Å². The van der Waals surface area contributed by atoms with Crippen LogP contribution in [0.15, 0.2) is 57.7 Å².